The standard InChI is InChI=1S/C21H15F2N5O/c22-16-7-9-17(10-8-16)28-20(15-5-3-11-24-12-15)19(26-27-28)21(29)25-13-14-4-1-2-6-18(14)23/h1-12H,13H2,(H,25,29). The Balaban J connectivity index is 1.70. The van der Waals surface area contributed by atoms with E-state index < -0.39 is 11.7 Å². The molecule has 0 aliphatic heterocycles. The van der Waals surface area contributed by atoms with Gasteiger partial charge in [0.05, 0.1) is 5.69 Å². The molecule has 8 heteroatoms. The van der Waals surface area contributed by atoms with Gasteiger partial charge in [0, 0.05) is 30.1 Å². The molecule has 144 valence electrons. The van der Waals surface area contributed by atoms with Crippen LogP contribution in [0.5, 0.6) is 0 Å². The first-order chi connectivity index (χ1) is 14.1. The van der Waals surface area contributed by atoms with Crippen LogP contribution in [0.3, 0.4) is 0 Å². The van der Waals surface area contributed by atoms with Gasteiger partial charge in [-0.3, -0.25) is 9.78 Å². The van der Waals surface area contributed by atoms with Crippen LogP contribution in [-0.2, 0) is 6.54 Å². The largest absolute Gasteiger partial charge is 0.346 e. The summed E-state index contributed by atoms with van der Waals surface area (Å²) in [5.41, 5.74) is 1.95. The third-order valence-corrected chi connectivity index (χ3v) is 4.29. The lowest BCUT2D eigenvalue weighted by atomic mass is 10.1. The van der Waals surface area contributed by atoms with Crippen LogP contribution >= 0.6 is 0 Å². The van der Waals surface area contributed by atoms with Crippen molar-refractivity contribution in [2.75, 3.05) is 0 Å². The summed E-state index contributed by atoms with van der Waals surface area (Å²) in [6.45, 7) is 0.00138. The van der Waals surface area contributed by atoms with Crippen LogP contribution in [-0.4, -0.2) is 25.9 Å². The van der Waals surface area contributed by atoms with Gasteiger partial charge < -0.3 is 5.32 Å². The number of amides is 1. The zero-order valence-corrected chi connectivity index (χ0v) is 15.1. The highest BCUT2D eigenvalue weighted by molar-refractivity contribution is 5.98. The van der Waals surface area contributed by atoms with Crippen molar-refractivity contribution in [3.05, 3.63) is 95.9 Å². The van der Waals surface area contributed by atoms with Gasteiger partial charge in [0.25, 0.3) is 5.91 Å². The van der Waals surface area contributed by atoms with Gasteiger partial charge >= 0.3 is 0 Å². The molecule has 29 heavy (non-hydrogen) atoms. The molecule has 4 aromatic rings. The van der Waals surface area contributed by atoms with Crippen LogP contribution in [0.1, 0.15) is 16.1 Å². The van der Waals surface area contributed by atoms with Gasteiger partial charge in [-0.05, 0) is 42.5 Å². The predicted molar refractivity (Wildman–Crippen MR) is 102 cm³/mol. The SMILES string of the molecule is O=C(NCc1ccccc1F)c1nnn(-c2ccc(F)cc2)c1-c1cccnc1. The van der Waals surface area contributed by atoms with Crippen molar-refractivity contribution < 1.29 is 13.6 Å². The third-order valence-electron chi connectivity index (χ3n) is 4.29. The van der Waals surface area contributed by atoms with E-state index in [1.54, 1.807) is 42.7 Å². The molecule has 0 unspecified atom stereocenters. The second kappa shape index (κ2) is 7.97. The number of nitrogens with zero attached hydrogens (tertiary/aromatic N) is 4. The van der Waals surface area contributed by atoms with Gasteiger partial charge in [-0.15, -0.1) is 5.10 Å². The molecule has 0 spiro atoms. The maximum Gasteiger partial charge on any atom is 0.274 e. The molecule has 6 nitrogen and oxygen atoms in total. The van der Waals surface area contributed by atoms with Crippen molar-refractivity contribution in [1.82, 2.24) is 25.3 Å². The summed E-state index contributed by atoms with van der Waals surface area (Å²) < 4.78 is 28.6. The molecule has 0 saturated heterocycles. The lowest BCUT2D eigenvalue weighted by molar-refractivity contribution is 0.0946. The highest BCUT2D eigenvalue weighted by Crippen LogP contribution is 2.25. The number of carbonyl (C=O) groups is 1. The Labute approximate surface area is 164 Å². The minimum Gasteiger partial charge on any atom is -0.346 e. The molecule has 0 saturated carbocycles. The maximum atomic E-state index is 13.8. The first-order valence-corrected chi connectivity index (χ1v) is 8.77. The molecule has 4 rings (SSSR count). The molecular weight excluding hydrogens is 376 g/mol. The van der Waals surface area contributed by atoms with E-state index in [-0.39, 0.29) is 18.1 Å². The zero-order valence-electron chi connectivity index (χ0n) is 15.1. The Hall–Kier alpha value is -3.94. The van der Waals surface area contributed by atoms with Gasteiger partial charge in [0.2, 0.25) is 0 Å². The summed E-state index contributed by atoms with van der Waals surface area (Å²) in [7, 11) is 0. The van der Waals surface area contributed by atoms with E-state index in [1.807, 2.05) is 0 Å². The van der Waals surface area contributed by atoms with E-state index in [2.05, 4.69) is 20.6 Å². The van der Waals surface area contributed by atoms with E-state index in [4.69, 9.17) is 0 Å². The normalized spacial score (nSPS) is 10.7. The first kappa shape index (κ1) is 18.4. The summed E-state index contributed by atoms with van der Waals surface area (Å²) in [6, 6.07) is 15.3. The average molecular weight is 391 g/mol. The smallest absolute Gasteiger partial charge is 0.274 e. The summed E-state index contributed by atoms with van der Waals surface area (Å²) in [5, 5.41) is 10.7. The van der Waals surface area contributed by atoms with Crippen LogP contribution in [0.25, 0.3) is 16.9 Å². The van der Waals surface area contributed by atoms with Crippen LogP contribution in [0, 0.1) is 11.6 Å². The Morgan fingerprint density at radius 1 is 1.00 bits per heavy atom. The zero-order chi connectivity index (χ0) is 20.2. The average Bonchev–Trinajstić information content (AvgIpc) is 3.19. The highest BCUT2D eigenvalue weighted by Gasteiger charge is 2.22. The molecule has 0 bridgehead atoms. The number of carbonyl (C=O) groups excluding carboxylic acids is 1. The molecule has 0 fully saturated rings. The van der Waals surface area contributed by atoms with Gasteiger partial charge in [0.15, 0.2) is 5.69 Å². The van der Waals surface area contributed by atoms with Crippen molar-refractivity contribution in [3.63, 3.8) is 0 Å². The van der Waals surface area contributed by atoms with Crippen molar-refractivity contribution in [2.45, 2.75) is 6.54 Å². The van der Waals surface area contributed by atoms with E-state index >= 15 is 0 Å². The van der Waals surface area contributed by atoms with Crippen molar-refractivity contribution in [3.8, 4) is 16.9 Å². The second-order valence-corrected chi connectivity index (χ2v) is 6.19. The number of hydrogen-bond acceptors (Lipinski definition) is 4. The number of hydrogen-bond donors (Lipinski definition) is 1. The fourth-order valence-electron chi connectivity index (χ4n) is 2.86. The van der Waals surface area contributed by atoms with Crippen LogP contribution in [0.2, 0.25) is 0 Å². The minimum absolute atomic E-state index is 0.00138. The number of pyridine rings is 1. The lowest BCUT2D eigenvalue weighted by Gasteiger charge is -2.09. The second-order valence-electron chi connectivity index (χ2n) is 6.19. The van der Waals surface area contributed by atoms with Gasteiger partial charge in [-0.1, -0.05) is 23.4 Å². The first-order valence-electron chi connectivity index (χ1n) is 8.77. The quantitative estimate of drug-likeness (QED) is 0.565. The topological polar surface area (TPSA) is 72.7 Å². The predicted octanol–water partition coefficient (Wildman–Crippen LogP) is 3.54. The third kappa shape index (κ3) is 3.86. The monoisotopic (exact) mass is 391 g/mol. The summed E-state index contributed by atoms with van der Waals surface area (Å²) in [4.78, 5) is 16.9. The van der Waals surface area contributed by atoms with Crippen LogP contribution < -0.4 is 5.32 Å². The summed E-state index contributed by atoms with van der Waals surface area (Å²) in [6.07, 6.45) is 3.18. The number of benzene rings is 2. The molecule has 0 atom stereocenters. The Kier molecular flexibility index (Phi) is 5.07. The summed E-state index contributed by atoms with van der Waals surface area (Å²) >= 11 is 0. The molecule has 0 aliphatic rings. The molecular formula is C21H15F2N5O. The van der Waals surface area contributed by atoms with Gasteiger partial charge in [-0.2, -0.15) is 0 Å². The molecule has 2 heterocycles. The van der Waals surface area contributed by atoms with Gasteiger partial charge in [-0.25, -0.2) is 13.5 Å². The fourth-order valence-corrected chi connectivity index (χ4v) is 2.86. The Morgan fingerprint density at radius 3 is 2.52 bits per heavy atom. The summed E-state index contributed by atoms with van der Waals surface area (Å²) in [5.74, 6) is -1.31. The number of aromatic nitrogens is 4. The van der Waals surface area contributed by atoms with Crippen LogP contribution in [0.15, 0.2) is 73.1 Å². The van der Waals surface area contributed by atoms with Crippen molar-refractivity contribution >= 4 is 5.91 Å². The van der Waals surface area contributed by atoms with E-state index in [0.717, 1.165) is 0 Å². The van der Waals surface area contributed by atoms with Crippen molar-refractivity contribution in [1.29, 1.82) is 0 Å². The van der Waals surface area contributed by atoms with E-state index in [0.29, 0.717) is 22.5 Å². The van der Waals surface area contributed by atoms with Crippen LogP contribution in [0.4, 0.5) is 8.78 Å². The molecule has 2 aromatic heterocycles. The molecule has 1 N–H and O–H groups in total. The minimum atomic E-state index is -0.513. The molecule has 0 radical (unpaired) electrons. The highest BCUT2D eigenvalue weighted by atomic mass is 19.1. The van der Waals surface area contributed by atoms with Gasteiger partial charge in [0.1, 0.15) is 17.3 Å². The fraction of sp³-hybridized carbons (Fsp3) is 0.0476. The molecule has 1 amide bonds. The Morgan fingerprint density at radius 2 is 1.79 bits per heavy atom. The van der Waals surface area contributed by atoms with E-state index in [1.165, 1.54) is 35.0 Å². The molecule has 2 aromatic carbocycles. The number of halogens is 2. The van der Waals surface area contributed by atoms with Crippen molar-refractivity contribution in [2.24, 2.45) is 0 Å². The Bertz CT molecular complexity index is 1140. The number of nitrogens with one attached hydrogen (secondary N) is 1. The molecule has 0 aliphatic carbocycles. The lowest BCUT2D eigenvalue weighted by Crippen LogP contribution is -2.24. The van der Waals surface area contributed by atoms with E-state index in [9.17, 15) is 13.6 Å². The maximum absolute atomic E-state index is 13.8. The number of rotatable bonds is 5.